The number of amides is 1. The average molecular weight is 410 g/mol. The molecule has 7 nitrogen and oxygen atoms in total. The lowest BCUT2D eigenvalue weighted by Gasteiger charge is -2.43. The summed E-state index contributed by atoms with van der Waals surface area (Å²) in [4.78, 5) is 40.6. The van der Waals surface area contributed by atoms with Crippen molar-refractivity contribution in [3.63, 3.8) is 0 Å². The van der Waals surface area contributed by atoms with E-state index in [0.29, 0.717) is 43.8 Å². The molecule has 0 saturated carbocycles. The van der Waals surface area contributed by atoms with Crippen LogP contribution >= 0.6 is 0 Å². The molecule has 1 aliphatic carbocycles. The van der Waals surface area contributed by atoms with Crippen LogP contribution in [-0.2, 0) is 19.1 Å². The van der Waals surface area contributed by atoms with Gasteiger partial charge in [-0.05, 0) is 37.0 Å². The van der Waals surface area contributed by atoms with Crippen molar-refractivity contribution in [3.05, 3.63) is 52.4 Å². The van der Waals surface area contributed by atoms with Crippen molar-refractivity contribution in [3.8, 4) is 5.75 Å². The van der Waals surface area contributed by atoms with Crippen LogP contribution in [-0.4, -0.2) is 49.4 Å². The van der Waals surface area contributed by atoms with Crippen molar-refractivity contribution in [2.45, 2.75) is 38.5 Å². The summed E-state index contributed by atoms with van der Waals surface area (Å²) in [6.45, 7) is 3.65. The predicted octanol–water partition coefficient (Wildman–Crippen LogP) is 2.44. The van der Waals surface area contributed by atoms with Crippen LogP contribution in [0, 0.1) is 0 Å². The van der Waals surface area contributed by atoms with Crippen LogP contribution in [0.15, 0.2) is 46.8 Å². The number of carbonyl (C=O) groups excluding carboxylic acids is 3. The van der Waals surface area contributed by atoms with Crippen molar-refractivity contribution in [1.29, 1.82) is 0 Å². The summed E-state index contributed by atoms with van der Waals surface area (Å²) in [5.74, 6) is -0.771. The maximum atomic E-state index is 13.0. The SMILES string of the molecule is CCCOc1ccc([C@H]2C3=C(CCCC3=O)N3CCNC(=O)C3=C2C(=O)OC)cc1. The highest BCUT2D eigenvalue weighted by atomic mass is 16.5. The molecule has 30 heavy (non-hydrogen) atoms. The lowest BCUT2D eigenvalue weighted by atomic mass is 9.74. The number of methoxy groups -OCH3 is 1. The molecule has 1 amide bonds. The zero-order valence-corrected chi connectivity index (χ0v) is 17.3. The minimum absolute atomic E-state index is 0.0268. The van der Waals surface area contributed by atoms with Gasteiger partial charge in [0.15, 0.2) is 5.78 Å². The van der Waals surface area contributed by atoms with Crippen LogP contribution in [0.2, 0.25) is 0 Å². The van der Waals surface area contributed by atoms with E-state index in [1.54, 1.807) is 0 Å². The highest BCUT2D eigenvalue weighted by Gasteiger charge is 2.45. The van der Waals surface area contributed by atoms with E-state index in [-0.39, 0.29) is 17.3 Å². The van der Waals surface area contributed by atoms with Gasteiger partial charge in [0.1, 0.15) is 11.4 Å². The Labute approximate surface area is 175 Å². The van der Waals surface area contributed by atoms with Gasteiger partial charge in [0, 0.05) is 36.7 Å². The number of rotatable bonds is 5. The smallest absolute Gasteiger partial charge is 0.337 e. The minimum Gasteiger partial charge on any atom is -0.494 e. The Balaban J connectivity index is 1.88. The molecule has 2 aliphatic heterocycles. The molecule has 2 heterocycles. The van der Waals surface area contributed by atoms with Gasteiger partial charge in [-0.2, -0.15) is 0 Å². The van der Waals surface area contributed by atoms with Crippen molar-refractivity contribution in [1.82, 2.24) is 10.2 Å². The molecule has 0 unspecified atom stereocenters. The number of carbonyl (C=O) groups is 3. The minimum atomic E-state index is -0.629. The van der Waals surface area contributed by atoms with Crippen molar-refractivity contribution < 1.29 is 23.9 Å². The molecule has 1 N–H and O–H groups in total. The molecule has 1 saturated heterocycles. The van der Waals surface area contributed by atoms with Crippen LogP contribution in [0.25, 0.3) is 0 Å². The van der Waals surface area contributed by atoms with Gasteiger partial charge in [-0.3, -0.25) is 9.59 Å². The quantitative estimate of drug-likeness (QED) is 0.751. The van der Waals surface area contributed by atoms with Gasteiger partial charge in [-0.1, -0.05) is 19.1 Å². The average Bonchev–Trinajstić information content (AvgIpc) is 2.77. The molecule has 0 radical (unpaired) electrons. The summed E-state index contributed by atoms with van der Waals surface area (Å²) in [5, 5.41) is 2.83. The summed E-state index contributed by atoms with van der Waals surface area (Å²) in [7, 11) is 1.30. The molecule has 0 aromatic heterocycles. The third-order valence-corrected chi connectivity index (χ3v) is 5.78. The second-order valence-electron chi connectivity index (χ2n) is 7.65. The van der Waals surface area contributed by atoms with Crippen molar-refractivity contribution in [2.24, 2.45) is 0 Å². The Hall–Kier alpha value is -3.09. The molecule has 7 heteroatoms. The first-order valence-electron chi connectivity index (χ1n) is 10.4. The third kappa shape index (κ3) is 3.38. The molecular weight excluding hydrogens is 384 g/mol. The highest BCUT2D eigenvalue weighted by Crippen LogP contribution is 2.46. The van der Waals surface area contributed by atoms with Gasteiger partial charge in [0.2, 0.25) is 0 Å². The summed E-state index contributed by atoms with van der Waals surface area (Å²) in [5.41, 5.74) is 2.78. The molecule has 0 bridgehead atoms. The van der Waals surface area contributed by atoms with E-state index in [2.05, 4.69) is 5.32 Å². The van der Waals surface area contributed by atoms with Crippen LogP contribution in [0.1, 0.15) is 44.1 Å². The lowest BCUT2D eigenvalue weighted by Crippen LogP contribution is -2.50. The van der Waals surface area contributed by atoms with Crippen LogP contribution < -0.4 is 10.1 Å². The largest absolute Gasteiger partial charge is 0.494 e. The Bertz CT molecular complexity index is 945. The Morgan fingerprint density at radius 2 is 1.97 bits per heavy atom. The van der Waals surface area contributed by atoms with Crippen molar-refractivity contribution >= 4 is 17.7 Å². The van der Waals surface area contributed by atoms with E-state index in [4.69, 9.17) is 9.47 Å². The first-order chi connectivity index (χ1) is 14.6. The Morgan fingerprint density at radius 1 is 1.20 bits per heavy atom. The van der Waals surface area contributed by atoms with Gasteiger partial charge >= 0.3 is 5.97 Å². The molecule has 4 rings (SSSR count). The molecule has 1 aromatic carbocycles. The van der Waals surface area contributed by atoms with E-state index in [0.717, 1.165) is 29.9 Å². The molecule has 1 atom stereocenters. The van der Waals surface area contributed by atoms with Crippen LogP contribution in [0.5, 0.6) is 5.75 Å². The van der Waals surface area contributed by atoms with E-state index in [1.807, 2.05) is 36.1 Å². The molecule has 3 aliphatic rings. The Morgan fingerprint density at radius 3 is 2.67 bits per heavy atom. The third-order valence-electron chi connectivity index (χ3n) is 5.78. The fourth-order valence-electron chi connectivity index (χ4n) is 4.51. The number of hydrogen-bond acceptors (Lipinski definition) is 6. The number of ether oxygens (including phenoxy) is 2. The molecular formula is C23H26N2O5. The second-order valence-corrected chi connectivity index (χ2v) is 7.65. The first kappa shape index (κ1) is 20.2. The summed E-state index contributed by atoms with van der Waals surface area (Å²) in [6.07, 6.45) is 2.79. The van der Waals surface area contributed by atoms with Gasteiger partial charge in [-0.25, -0.2) is 4.79 Å². The fraction of sp³-hybridized carbons (Fsp3) is 0.435. The van der Waals surface area contributed by atoms with Gasteiger partial charge in [0.25, 0.3) is 5.91 Å². The van der Waals surface area contributed by atoms with Crippen LogP contribution in [0.4, 0.5) is 0 Å². The summed E-state index contributed by atoms with van der Waals surface area (Å²) >= 11 is 0. The number of hydrogen-bond donors (Lipinski definition) is 1. The molecule has 1 aromatic rings. The predicted molar refractivity (Wildman–Crippen MR) is 110 cm³/mol. The Kier molecular flexibility index (Phi) is 5.61. The second kappa shape index (κ2) is 8.34. The summed E-state index contributed by atoms with van der Waals surface area (Å²) < 4.78 is 10.7. The van der Waals surface area contributed by atoms with Crippen molar-refractivity contribution in [2.75, 3.05) is 26.8 Å². The van der Waals surface area contributed by atoms with E-state index >= 15 is 0 Å². The maximum absolute atomic E-state index is 13.0. The number of nitrogens with zero attached hydrogens (tertiary/aromatic N) is 1. The van der Waals surface area contributed by atoms with E-state index < -0.39 is 11.9 Å². The maximum Gasteiger partial charge on any atom is 0.337 e. The van der Waals surface area contributed by atoms with Gasteiger partial charge < -0.3 is 19.7 Å². The fourth-order valence-corrected chi connectivity index (χ4v) is 4.51. The number of benzene rings is 1. The van der Waals surface area contributed by atoms with E-state index in [9.17, 15) is 14.4 Å². The number of Topliss-reactive ketones (excluding diaryl/α,β-unsaturated/α-hetero) is 1. The number of piperazine rings is 1. The number of fused-ring (bicyclic) bond motifs is 2. The number of ketones is 1. The highest BCUT2D eigenvalue weighted by molar-refractivity contribution is 6.09. The normalized spacial score (nSPS) is 21.1. The molecule has 158 valence electrons. The molecule has 1 fully saturated rings. The molecule has 0 spiro atoms. The number of allylic oxidation sites excluding steroid dienone is 2. The van der Waals surface area contributed by atoms with Gasteiger partial charge in [0.05, 0.1) is 19.3 Å². The zero-order valence-electron chi connectivity index (χ0n) is 17.3. The first-order valence-corrected chi connectivity index (χ1v) is 10.4. The standard InChI is InChI=1S/C23H26N2O5/c1-3-13-30-15-9-7-14(8-10-15)18-19-16(5-4-6-17(19)26)25-12-11-24-22(27)21(25)20(18)23(28)29-2/h7-10,18H,3-6,11-13H2,1-2H3,(H,24,27)/t18-/m0/s1. The summed E-state index contributed by atoms with van der Waals surface area (Å²) in [6, 6.07) is 7.40. The zero-order chi connectivity index (χ0) is 21.3. The number of nitrogens with one attached hydrogen (secondary N) is 1. The topological polar surface area (TPSA) is 84.9 Å². The van der Waals surface area contributed by atoms with E-state index in [1.165, 1.54) is 7.11 Å². The van der Waals surface area contributed by atoms with Gasteiger partial charge in [-0.15, -0.1) is 0 Å². The van der Waals surface area contributed by atoms with Crippen LogP contribution in [0.3, 0.4) is 0 Å². The number of esters is 1. The monoisotopic (exact) mass is 410 g/mol. The lowest BCUT2D eigenvalue weighted by molar-refractivity contribution is -0.137.